The molecule has 2 aromatic heterocycles. The summed E-state index contributed by atoms with van der Waals surface area (Å²) in [7, 11) is 1.79. The zero-order valence-electron chi connectivity index (χ0n) is 22.9. The van der Waals surface area contributed by atoms with E-state index in [2.05, 4.69) is 15.4 Å². The second-order valence-corrected chi connectivity index (χ2v) is 13.0. The van der Waals surface area contributed by atoms with Crippen LogP contribution in [0.1, 0.15) is 30.0 Å². The summed E-state index contributed by atoms with van der Waals surface area (Å²) >= 11 is 0. The molecule has 2 aromatic rings. The number of likely N-dealkylation sites (N-methyl/N-ethyl adjacent to an activating group) is 1. The molecular weight excluding hydrogens is 592 g/mol. The number of amides is 2. The minimum Gasteiger partial charge on any atom is -0.379 e. The smallest absolute Gasteiger partial charge is 0.379 e. The first-order valence-corrected chi connectivity index (χ1v) is 13.8. The van der Waals surface area contributed by atoms with E-state index in [1.54, 1.807) is 16.9 Å². The van der Waals surface area contributed by atoms with E-state index in [9.17, 15) is 40.7 Å². The van der Waals surface area contributed by atoms with Gasteiger partial charge >= 0.3 is 12.4 Å². The van der Waals surface area contributed by atoms with E-state index in [0.717, 1.165) is 18.5 Å². The normalized spacial score (nSPS) is 19.2. The predicted molar refractivity (Wildman–Crippen MR) is 141 cm³/mol. The van der Waals surface area contributed by atoms with Crippen LogP contribution in [0.15, 0.2) is 23.3 Å². The maximum atomic E-state index is 13.3. The van der Waals surface area contributed by atoms with E-state index < -0.39 is 45.9 Å². The van der Waals surface area contributed by atoms with Crippen LogP contribution in [0.2, 0.25) is 0 Å². The molecule has 4 rings (SSSR count). The first-order valence-electron chi connectivity index (χ1n) is 12.8. The van der Waals surface area contributed by atoms with Crippen molar-refractivity contribution in [3.63, 3.8) is 0 Å². The molecule has 0 bridgehead atoms. The largest absolute Gasteiger partial charge is 0.423 e. The fourth-order valence-electron chi connectivity index (χ4n) is 4.92. The highest BCUT2D eigenvalue weighted by Crippen LogP contribution is 2.35. The molecule has 0 radical (unpaired) electrons. The molecule has 4 heterocycles. The fraction of sp³-hybridized carbons (Fsp3) is 0.542. The maximum absolute atomic E-state index is 13.3. The van der Waals surface area contributed by atoms with Gasteiger partial charge in [0, 0.05) is 53.8 Å². The SMILES string of the molecule is CN1Cc2cc(C(F)(F)F)cnc2N2CCN(C(=O)CCOC[C@](C)([SiH3])Nc3cn[nH]c(=O)c3C(F)(F)F)C[C@@H]2C1=O. The number of fused-ring (bicyclic) bond motifs is 3. The molecule has 2 aliphatic heterocycles. The Hall–Kier alpha value is -3.67. The van der Waals surface area contributed by atoms with Crippen LogP contribution < -0.4 is 15.8 Å². The third-order valence-corrected chi connectivity index (χ3v) is 7.42. The summed E-state index contributed by atoms with van der Waals surface area (Å²) in [6.45, 7) is 1.81. The van der Waals surface area contributed by atoms with Gasteiger partial charge in [-0.2, -0.15) is 31.4 Å². The highest BCUT2D eigenvalue weighted by atomic mass is 28.1. The van der Waals surface area contributed by atoms with Crippen molar-refractivity contribution in [2.75, 3.05) is 50.1 Å². The third-order valence-electron chi connectivity index (χ3n) is 6.88. The van der Waals surface area contributed by atoms with Gasteiger partial charge in [-0.3, -0.25) is 14.4 Å². The Bertz CT molecular complexity index is 1400. The third kappa shape index (κ3) is 6.85. The van der Waals surface area contributed by atoms with Crippen LogP contribution in [0.5, 0.6) is 0 Å². The topological polar surface area (TPSA) is 124 Å². The lowest BCUT2D eigenvalue weighted by molar-refractivity contribution is -0.139. The first-order chi connectivity index (χ1) is 19.5. The highest BCUT2D eigenvalue weighted by molar-refractivity contribution is 6.16. The van der Waals surface area contributed by atoms with E-state index in [4.69, 9.17) is 4.74 Å². The van der Waals surface area contributed by atoms with Gasteiger partial charge in [-0.1, -0.05) is 0 Å². The van der Waals surface area contributed by atoms with Crippen LogP contribution in [0.3, 0.4) is 0 Å². The van der Waals surface area contributed by atoms with Crippen molar-refractivity contribution in [2.24, 2.45) is 0 Å². The number of carbonyl (C=O) groups is 2. The van der Waals surface area contributed by atoms with Crippen molar-refractivity contribution in [1.82, 2.24) is 25.0 Å². The van der Waals surface area contributed by atoms with E-state index in [-0.39, 0.29) is 69.0 Å². The van der Waals surface area contributed by atoms with Gasteiger partial charge in [0.1, 0.15) is 17.4 Å². The van der Waals surface area contributed by atoms with E-state index >= 15 is 0 Å². The summed E-state index contributed by atoms with van der Waals surface area (Å²) < 4.78 is 85.3. The zero-order valence-corrected chi connectivity index (χ0v) is 24.9. The molecule has 2 atom stereocenters. The van der Waals surface area contributed by atoms with Crippen LogP contribution in [0, 0.1) is 0 Å². The van der Waals surface area contributed by atoms with E-state index in [0.29, 0.717) is 10.2 Å². The first kappa shape index (κ1) is 31.3. The summed E-state index contributed by atoms with van der Waals surface area (Å²) in [6, 6.07) is 0.150. The summed E-state index contributed by atoms with van der Waals surface area (Å²) in [5, 5.41) is 6.94. The number of nitrogens with zero attached hydrogens (tertiary/aromatic N) is 5. The van der Waals surface area contributed by atoms with Crippen molar-refractivity contribution >= 4 is 33.6 Å². The van der Waals surface area contributed by atoms with Gasteiger partial charge in [-0.15, -0.1) is 0 Å². The number of ether oxygens (including phenoxy) is 1. The van der Waals surface area contributed by atoms with Crippen LogP contribution in [-0.2, 0) is 33.2 Å². The molecule has 2 N–H and O–H groups in total. The fourth-order valence-corrected chi connectivity index (χ4v) is 5.39. The number of halogens is 6. The van der Waals surface area contributed by atoms with Crippen molar-refractivity contribution in [3.8, 4) is 0 Å². The molecule has 18 heteroatoms. The summed E-state index contributed by atoms with van der Waals surface area (Å²) in [6.07, 6.45) is -7.94. The van der Waals surface area contributed by atoms with Gasteiger partial charge in [-0.25, -0.2) is 10.1 Å². The molecule has 2 amide bonds. The van der Waals surface area contributed by atoms with E-state index in [1.165, 1.54) is 16.8 Å². The van der Waals surface area contributed by atoms with Gasteiger partial charge < -0.3 is 24.8 Å². The molecule has 0 aromatic carbocycles. The average molecular weight is 622 g/mol. The molecule has 230 valence electrons. The monoisotopic (exact) mass is 621 g/mol. The molecule has 0 saturated carbocycles. The number of hydrogen-bond donors (Lipinski definition) is 2. The number of hydrogen-bond acceptors (Lipinski definition) is 8. The lowest BCUT2D eigenvalue weighted by Gasteiger charge is -2.41. The number of rotatable bonds is 7. The van der Waals surface area contributed by atoms with Gasteiger partial charge in [0.25, 0.3) is 5.56 Å². The number of aromatic amines is 1. The molecule has 2 aliphatic rings. The molecule has 0 spiro atoms. The van der Waals surface area contributed by atoms with Crippen LogP contribution in [0.25, 0.3) is 0 Å². The number of pyridine rings is 1. The van der Waals surface area contributed by atoms with Crippen molar-refractivity contribution in [1.29, 1.82) is 0 Å². The number of alkyl halides is 6. The lowest BCUT2D eigenvalue weighted by atomic mass is 10.1. The average Bonchev–Trinajstić information content (AvgIpc) is 2.98. The molecule has 1 fully saturated rings. The second kappa shape index (κ2) is 11.5. The van der Waals surface area contributed by atoms with Crippen molar-refractivity contribution < 1.29 is 40.7 Å². The molecule has 42 heavy (non-hydrogen) atoms. The lowest BCUT2D eigenvalue weighted by Crippen LogP contribution is -2.59. The quantitative estimate of drug-likeness (QED) is 0.265. The maximum Gasteiger partial charge on any atom is 0.423 e. The summed E-state index contributed by atoms with van der Waals surface area (Å²) in [4.78, 5) is 46.2. The zero-order chi connectivity index (χ0) is 31.0. The number of H-pyrrole nitrogens is 1. The van der Waals surface area contributed by atoms with Crippen LogP contribution in [0.4, 0.5) is 37.8 Å². The number of carbonyl (C=O) groups excluding carboxylic acids is 2. The Labute approximate surface area is 238 Å². The number of anilines is 2. The summed E-state index contributed by atoms with van der Waals surface area (Å²) in [5.41, 5.74) is -3.91. The molecule has 0 aliphatic carbocycles. The summed E-state index contributed by atoms with van der Waals surface area (Å²) in [5.74, 6) is -0.416. The van der Waals surface area contributed by atoms with Crippen molar-refractivity contribution in [2.45, 2.75) is 43.4 Å². The molecule has 0 unspecified atom stereocenters. The number of aromatic nitrogens is 3. The molecule has 11 nitrogen and oxygen atoms in total. The van der Waals surface area contributed by atoms with Gasteiger partial charge in [-0.05, 0) is 13.0 Å². The minimum atomic E-state index is -4.90. The Morgan fingerprint density at radius 1 is 1.17 bits per heavy atom. The highest BCUT2D eigenvalue weighted by Gasteiger charge is 2.41. The van der Waals surface area contributed by atoms with Gasteiger partial charge in [0.05, 0.1) is 43.6 Å². The van der Waals surface area contributed by atoms with Crippen LogP contribution >= 0.6 is 0 Å². The Morgan fingerprint density at radius 2 is 1.88 bits per heavy atom. The standard InChI is InChI=1S/C24H29F6N7O4Si/c1-22(42,33-15-9-32-34-20(39)18(15)24(28,29)30)12-41-6-3-17(38)36-4-5-37-16(11-36)21(40)35(2)10-13-7-14(23(25,26)27)8-31-19(13)37/h7-9,16H,3-6,10-12H2,1-2,42H3,(H2,33,34,39)/t16-,22+/m1/s1. The predicted octanol–water partition coefficient (Wildman–Crippen LogP) is 0.792. The van der Waals surface area contributed by atoms with Gasteiger partial charge in [0.2, 0.25) is 11.8 Å². The number of piperazine rings is 1. The minimum absolute atomic E-state index is 0.000115. The molecular formula is C24H29F6N7O4Si. The number of nitrogens with one attached hydrogen (secondary N) is 2. The Morgan fingerprint density at radius 3 is 2.55 bits per heavy atom. The van der Waals surface area contributed by atoms with Gasteiger partial charge in [0.15, 0.2) is 0 Å². The van der Waals surface area contributed by atoms with E-state index in [1.807, 2.05) is 0 Å². The Balaban J connectivity index is 1.35. The van der Waals surface area contributed by atoms with Crippen LogP contribution in [-0.4, -0.2) is 98.1 Å². The Kier molecular flexibility index (Phi) is 8.59. The second-order valence-electron chi connectivity index (χ2n) is 10.7. The molecule has 1 saturated heterocycles. The van der Waals surface area contributed by atoms with Crippen molar-refractivity contribution in [3.05, 3.63) is 45.5 Å².